The Bertz CT molecular complexity index is 815. The number of methoxy groups -OCH3 is 1. The summed E-state index contributed by atoms with van der Waals surface area (Å²) in [5.74, 6) is -1.79. The average Bonchev–Trinajstić information content (AvgIpc) is 2.67. The summed E-state index contributed by atoms with van der Waals surface area (Å²) in [4.78, 5) is 31.7. The fourth-order valence-corrected chi connectivity index (χ4v) is 2.63. The molecule has 1 unspecified atom stereocenters. The van der Waals surface area contributed by atoms with Gasteiger partial charge in [0.2, 0.25) is 0 Å². The van der Waals surface area contributed by atoms with Crippen LogP contribution in [-0.4, -0.2) is 63.1 Å². The first-order valence-corrected chi connectivity index (χ1v) is 8.61. The van der Waals surface area contributed by atoms with Crippen LogP contribution in [0.3, 0.4) is 0 Å². The summed E-state index contributed by atoms with van der Waals surface area (Å²) < 4.78 is 5.66. The number of ether oxygens (including phenoxy) is 1. The zero-order chi connectivity index (χ0) is 20.0. The maximum Gasteiger partial charge on any atom is 0.337 e. The topological polar surface area (TPSA) is 142 Å². The van der Waals surface area contributed by atoms with Gasteiger partial charge in [-0.25, -0.2) is 9.78 Å². The Morgan fingerprint density at radius 3 is 2.59 bits per heavy atom. The number of hydrogen-bond donors (Lipinski definition) is 4. The molecule has 0 aliphatic carbocycles. The third kappa shape index (κ3) is 5.54. The van der Waals surface area contributed by atoms with Crippen molar-refractivity contribution in [2.45, 2.75) is 18.6 Å². The van der Waals surface area contributed by atoms with Crippen LogP contribution in [-0.2, 0) is 11.2 Å². The Hall–Kier alpha value is -2.40. The van der Waals surface area contributed by atoms with Gasteiger partial charge in [0.05, 0.1) is 35.9 Å². The Kier molecular flexibility index (Phi) is 7.36. The first-order chi connectivity index (χ1) is 12.8. The maximum absolute atomic E-state index is 12.3. The van der Waals surface area contributed by atoms with Gasteiger partial charge in [-0.2, -0.15) is 0 Å². The molecule has 0 spiro atoms. The minimum atomic E-state index is -1.18. The van der Waals surface area contributed by atoms with Crippen molar-refractivity contribution in [3.63, 3.8) is 0 Å². The highest BCUT2D eigenvalue weighted by molar-refractivity contribution is 9.10. The Balaban J connectivity index is 2.11. The van der Waals surface area contributed by atoms with Gasteiger partial charge in [0.25, 0.3) is 5.91 Å². The van der Waals surface area contributed by atoms with Crippen molar-refractivity contribution in [3.8, 4) is 0 Å². The molecule has 1 heterocycles. The number of hydrogen-bond acceptors (Lipinski definition) is 7. The smallest absolute Gasteiger partial charge is 0.337 e. The summed E-state index contributed by atoms with van der Waals surface area (Å²) in [7, 11) is 1.40. The van der Waals surface area contributed by atoms with Crippen LogP contribution in [0.1, 0.15) is 26.5 Å². The van der Waals surface area contributed by atoms with Crippen molar-refractivity contribution in [1.29, 1.82) is 0 Å². The maximum atomic E-state index is 12.3. The number of aromatic nitrogens is 2. The number of anilines is 1. The number of nitrogens with one attached hydrogen (secondary N) is 1. The van der Waals surface area contributed by atoms with Crippen molar-refractivity contribution < 1.29 is 29.6 Å². The quantitative estimate of drug-likeness (QED) is 0.478. The fourth-order valence-electron chi connectivity index (χ4n) is 2.27. The number of aliphatic hydroxyl groups excluding tert-OH is 2. The molecule has 0 saturated carbocycles. The van der Waals surface area contributed by atoms with E-state index in [2.05, 4.69) is 31.2 Å². The molecular weight excluding hydrogens is 422 g/mol. The van der Waals surface area contributed by atoms with E-state index in [0.29, 0.717) is 10.2 Å². The molecule has 0 radical (unpaired) electrons. The van der Waals surface area contributed by atoms with E-state index >= 15 is 0 Å². The van der Waals surface area contributed by atoms with Crippen LogP contribution in [0.25, 0.3) is 0 Å². The van der Waals surface area contributed by atoms with Gasteiger partial charge in [0.15, 0.2) is 0 Å². The molecule has 0 saturated heterocycles. The Morgan fingerprint density at radius 1 is 1.30 bits per heavy atom. The number of carboxylic acids is 1. The van der Waals surface area contributed by atoms with Gasteiger partial charge in [-0.15, -0.1) is 0 Å². The zero-order valence-corrected chi connectivity index (χ0v) is 15.9. The molecule has 2 atom stereocenters. The standard InChI is InChI=1S/C17H18BrN3O6/c1-27-15(14(23)8-22)5-10-6-20-13(7-19-10)16(24)21-12-3-2-9(18)4-11(12)17(25)26/h2-4,6-7,14-15,22-23H,5,8H2,1H3,(H,21,24)(H,25,26)/t14-,15?/m1/s1. The number of nitrogens with zero attached hydrogens (tertiary/aromatic N) is 2. The number of aromatic carboxylic acids is 1. The molecule has 144 valence electrons. The largest absolute Gasteiger partial charge is 0.478 e. The van der Waals surface area contributed by atoms with E-state index in [9.17, 15) is 19.8 Å². The lowest BCUT2D eigenvalue weighted by atomic mass is 10.1. The van der Waals surface area contributed by atoms with E-state index in [1.54, 1.807) is 6.07 Å². The summed E-state index contributed by atoms with van der Waals surface area (Å²) in [6.07, 6.45) is 1.06. The van der Waals surface area contributed by atoms with Gasteiger partial charge < -0.3 is 25.4 Å². The molecule has 9 nitrogen and oxygen atoms in total. The predicted octanol–water partition coefficient (Wildman–Crippen LogP) is 1.10. The van der Waals surface area contributed by atoms with E-state index in [1.807, 2.05) is 0 Å². The highest BCUT2D eigenvalue weighted by atomic mass is 79.9. The monoisotopic (exact) mass is 439 g/mol. The van der Waals surface area contributed by atoms with Gasteiger partial charge in [0.1, 0.15) is 11.8 Å². The SMILES string of the molecule is COC(Cc1cnc(C(=O)Nc2ccc(Br)cc2C(=O)O)cn1)[C@H](O)CO. The zero-order valence-electron chi connectivity index (χ0n) is 14.3. The van der Waals surface area contributed by atoms with Crippen molar-refractivity contribution in [1.82, 2.24) is 9.97 Å². The molecule has 1 aromatic heterocycles. The number of carbonyl (C=O) groups excluding carboxylic acids is 1. The molecular formula is C17H18BrN3O6. The second-order valence-corrected chi connectivity index (χ2v) is 6.49. The summed E-state index contributed by atoms with van der Waals surface area (Å²) in [5, 5.41) is 30.3. The summed E-state index contributed by atoms with van der Waals surface area (Å²) in [6.45, 7) is -0.453. The predicted molar refractivity (Wildman–Crippen MR) is 98.7 cm³/mol. The molecule has 27 heavy (non-hydrogen) atoms. The number of aliphatic hydroxyl groups is 2. The number of halogens is 1. The van der Waals surface area contributed by atoms with Crippen LogP contribution < -0.4 is 5.32 Å². The highest BCUT2D eigenvalue weighted by Gasteiger charge is 2.20. The first-order valence-electron chi connectivity index (χ1n) is 7.82. The third-order valence-corrected chi connectivity index (χ3v) is 4.22. The van der Waals surface area contributed by atoms with Gasteiger partial charge in [-0.1, -0.05) is 15.9 Å². The second kappa shape index (κ2) is 9.51. The lowest BCUT2D eigenvalue weighted by Gasteiger charge is -2.19. The second-order valence-electron chi connectivity index (χ2n) is 5.57. The molecule has 1 aromatic carbocycles. The van der Waals surface area contributed by atoms with Crippen LogP contribution in [0.5, 0.6) is 0 Å². The fraction of sp³-hybridized carbons (Fsp3) is 0.294. The average molecular weight is 440 g/mol. The highest BCUT2D eigenvalue weighted by Crippen LogP contribution is 2.21. The normalized spacial score (nSPS) is 13.0. The molecule has 10 heteroatoms. The molecule has 2 rings (SSSR count). The van der Waals surface area contributed by atoms with E-state index in [0.717, 1.165) is 0 Å². The van der Waals surface area contributed by atoms with Crippen LogP contribution in [0.15, 0.2) is 35.1 Å². The first kappa shape index (κ1) is 20.9. The van der Waals surface area contributed by atoms with Gasteiger partial charge in [-0.05, 0) is 18.2 Å². The number of amides is 1. The van der Waals surface area contributed by atoms with Crippen LogP contribution in [0.2, 0.25) is 0 Å². The molecule has 1 amide bonds. The number of carbonyl (C=O) groups is 2. The van der Waals surface area contributed by atoms with Gasteiger partial charge in [-0.3, -0.25) is 9.78 Å². The van der Waals surface area contributed by atoms with Crippen LogP contribution in [0, 0.1) is 0 Å². The Labute approximate surface area is 163 Å². The van der Waals surface area contributed by atoms with E-state index in [4.69, 9.17) is 9.84 Å². The molecule has 0 aliphatic rings. The molecule has 0 bridgehead atoms. The van der Waals surface area contributed by atoms with E-state index in [-0.39, 0.29) is 23.4 Å². The minimum Gasteiger partial charge on any atom is -0.478 e. The third-order valence-electron chi connectivity index (χ3n) is 3.73. The molecule has 0 fully saturated rings. The van der Waals surface area contributed by atoms with Crippen molar-refractivity contribution in [2.75, 3.05) is 19.0 Å². The van der Waals surface area contributed by atoms with Crippen molar-refractivity contribution in [3.05, 3.63) is 52.0 Å². The van der Waals surface area contributed by atoms with Gasteiger partial charge in [0, 0.05) is 24.2 Å². The number of carboxylic acid groups (broad SMARTS) is 1. The van der Waals surface area contributed by atoms with Crippen LogP contribution in [0.4, 0.5) is 5.69 Å². The van der Waals surface area contributed by atoms with E-state index in [1.165, 1.54) is 31.6 Å². The molecule has 4 N–H and O–H groups in total. The lowest BCUT2D eigenvalue weighted by Crippen LogP contribution is -2.33. The molecule has 2 aromatic rings. The summed E-state index contributed by atoms with van der Waals surface area (Å²) in [5.41, 5.74) is 0.519. The van der Waals surface area contributed by atoms with E-state index < -0.39 is 30.7 Å². The summed E-state index contributed by atoms with van der Waals surface area (Å²) >= 11 is 3.18. The lowest BCUT2D eigenvalue weighted by molar-refractivity contribution is -0.0371. The van der Waals surface area contributed by atoms with Crippen molar-refractivity contribution in [2.24, 2.45) is 0 Å². The van der Waals surface area contributed by atoms with Crippen molar-refractivity contribution >= 4 is 33.5 Å². The van der Waals surface area contributed by atoms with Gasteiger partial charge >= 0.3 is 5.97 Å². The summed E-state index contributed by atoms with van der Waals surface area (Å²) in [6, 6.07) is 4.45. The number of benzene rings is 1. The van der Waals surface area contributed by atoms with Crippen LogP contribution >= 0.6 is 15.9 Å². The number of rotatable bonds is 8. The molecule has 0 aliphatic heterocycles. The Morgan fingerprint density at radius 2 is 2.04 bits per heavy atom. The minimum absolute atomic E-state index is 0.00492.